The molecule has 0 aliphatic carbocycles. The minimum absolute atomic E-state index is 0.255. The minimum atomic E-state index is -1.36. The van der Waals surface area contributed by atoms with Gasteiger partial charge in [0.2, 0.25) is 0 Å². The molecule has 0 aliphatic rings. The molecule has 6 nitrogen and oxygen atoms in total. The number of amides is 2. The van der Waals surface area contributed by atoms with Crippen molar-refractivity contribution in [3.05, 3.63) is 0 Å². The van der Waals surface area contributed by atoms with Crippen molar-refractivity contribution in [1.29, 1.82) is 0 Å². The molecule has 0 bridgehead atoms. The van der Waals surface area contributed by atoms with Crippen molar-refractivity contribution in [2.75, 3.05) is 17.5 Å². The molecule has 0 saturated carbocycles. The first-order valence-corrected chi connectivity index (χ1v) is 8.15. The molecule has 0 rings (SSSR count). The maximum absolute atomic E-state index is 10.5. The van der Waals surface area contributed by atoms with Gasteiger partial charge in [-0.1, -0.05) is 47.8 Å². The first-order chi connectivity index (χ1) is 9.49. The van der Waals surface area contributed by atoms with E-state index in [0.717, 1.165) is 12.8 Å². The van der Waals surface area contributed by atoms with Crippen molar-refractivity contribution < 1.29 is 19.8 Å². The smallest absolute Gasteiger partial charge is 0.146 e. The number of hydrogen-bond donors (Lipinski definition) is 1. The fraction of sp³-hybridized carbons (Fsp3) is 0.500. The number of alkyl halides is 1. The van der Waals surface area contributed by atoms with Gasteiger partial charge < -0.3 is 30.0 Å². The predicted octanol–water partition coefficient (Wildman–Crippen LogP) is 0.143. The van der Waals surface area contributed by atoms with Crippen LogP contribution in [-0.4, -0.2) is 34.6 Å². The highest BCUT2D eigenvalue weighted by Gasteiger charge is 1.99. The Balaban J connectivity index is 0. The quantitative estimate of drug-likeness (QED) is 0.255. The summed E-state index contributed by atoms with van der Waals surface area (Å²) in [6.07, 6.45) is -0.664. The molecule has 2 amide bonds. The SMILES string of the molecule is CCCCN(CC#CI)C(=O)[O-].O=C([O-])NC#CCI. The third-order valence-corrected chi connectivity index (χ3v) is 2.46. The molecule has 0 spiro atoms. The van der Waals surface area contributed by atoms with Crippen LogP contribution in [0.1, 0.15) is 19.8 Å². The van der Waals surface area contributed by atoms with Crippen LogP contribution in [0.3, 0.4) is 0 Å². The average Bonchev–Trinajstić information content (AvgIpc) is 2.39. The van der Waals surface area contributed by atoms with E-state index < -0.39 is 12.2 Å². The van der Waals surface area contributed by atoms with Crippen LogP contribution in [0.5, 0.6) is 0 Å². The molecule has 0 heterocycles. The zero-order valence-corrected chi connectivity index (χ0v) is 15.2. The highest BCUT2D eigenvalue weighted by molar-refractivity contribution is 14.1. The van der Waals surface area contributed by atoms with Crippen LogP contribution in [0.15, 0.2) is 0 Å². The van der Waals surface area contributed by atoms with Gasteiger partial charge in [-0.2, -0.15) is 0 Å². The molecule has 0 saturated heterocycles. The van der Waals surface area contributed by atoms with Crippen LogP contribution in [0.2, 0.25) is 0 Å². The lowest BCUT2D eigenvalue weighted by Crippen LogP contribution is -2.41. The molecule has 0 atom stereocenters. The largest absolute Gasteiger partial charge is 0.530 e. The van der Waals surface area contributed by atoms with E-state index in [4.69, 9.17) is 0 Å². The van der Waals surface area contributed by atoms with Crippen LogP contribution < -0.4 is 15.5 Å². The van der Waals surface area contributed by atoms with Crippen LogP contribution in [0.25, 0.3) is 0 Å². The zero-order valence-electron chi connectivity index (χ0n) is 10.9. The Bertz CT molecular complexity index is 407. The van der Waals surface area contributed by atoms with Gasteiger partial charge in [-0.25, -0.2) is 0 Å². The van der Waals surface area contributed by atoms with Gasteiger partial charge in [-0.05, 0) is 10.3 Å². The van der Waals surface area contributed by atoms with Crippen molar-refractivity contribution >= 4 is 57.4 Å². The highest BCUT2D eigenvalue weighted by atomic mass is 127. The maximum atomic E-state index is 10.5. The number of hydrogen-bond acceptors (Lipinski definition) is 4. The summed E-state index contributed by atoms with van der Waals surface area (Å²) in [5, 5.41) is 21.8. The van der Waals surface area contributed by atoms with Gasteiger partial charge in [0.1, 0.15) is 12.2 Å². The van der Waals surface area contributed by atoms with Gasteiger partial charge in [0.25, 0.3) is 0 Å². The van der Waals surface area contributed by atoms with E-state index in [-0.39, 0.29) is 6.54 Å². The number of nitrogens with zero attached hydrogens (tertiary/aromatic N) is 1. The number of carbonyl (C=O) groups excluding carboxylic acids is 2. The van der Waals surface area contributed by atoms with Gasteiger partial charge in [0.05, 0.1) is 11.0 Å². The van der Waals surface area contributed by atoms with Gasteiger partial charge in [0, 0.05) is 35.2 Å². The molecule has 0 aromatic heterocycles. The maximum Gasteiger partial charge on any atom is 0.146 e. The first-order valence-electron chi connectivity index (χ1n) is 5.54. The van der Waals surface area contributed by atoms with E-state index in [1.54, 1.807) is 5.32 Å². The molecule has 0 radical (unpaired) electrons. The second-order valence-electron chi connectivity index (χ2n) is 3.16. The summed E-state index contributed by atoms with van der Waals surface area (Å²) in [5.74, 6) is 5.16. The second kappa shape index (κ2) is 16.2. The van der Waals surface area contributed by atoms with Crippen LogP contribution in [0, 0.1) is 21.8 Å². The number of halogens is 2. The third-order valence-electron chi connectivity index (χ3n) is 1.70. The van der Waals surface area contributed by atoms with E-state index in [2.05, 4.69) is 21.8 Å². The number of carbonyl (C=O) groups is 2. The van der Waals surface area contributed by atoms with E-state index >= 15 is 0 Å². The molecule has 112 valence electrons. The Labute approximate surface area is 146 Å². The zero-order chi connectivity index (χ0) is 15.8. The minimum Gasteiger partial charge on any atom is -0.530 e. The lowest BCUT2D eigenvalue weighted by molar-refractivity contribution is -0.264. The van der Waals surface area contributed by atoms with Crippen molar-refractivity contribution in [2.24, 2.45) is 0 Å². The summed E-state index contributed by atoms with van der Waals surface area (Å²) in [5.41, 5.74) is 0. The first kappa shape index (κ1) is 21.4. The van der Waals surface area contributed by atoms with Crippen LogP contribution in [-0.2, 0) is 0 Å². The molecule has 0 unspecified atom stereocenters. The second-order valence-corrected chi connectivity index (χ2v) is 4.46. The number of unbranched alkanes of at least 4 members (excludes halogenated alkanes) is 1. The van der Waals surface area contributed by atoms with Gasteiger partial charge >= 0.3 is 0 Å². The topological polar surface area (TPSA) is 95.5 Å². The number of rotatable bonds is 4. The summed E-state index contributed by atoms with van der Waals surface area (Å²) in [6, 6.07) is 2.16. The van der Waals surface area contributed by atoms with Gasteiger partial charge in [-0.15, -0.1) is 0 Å². The highest BCUT2D eigenvalue weighted by Crippen LogP contribution is 1.93. The van der Waals surface area contributed by atoms with Crippen LogP contribution >= 0.6 is 45.2 Å². The lowest BCUT2D eigenvalue weighted by Gasteiger charge is -2.21. The monoisotopic (exact) mass is 504 g/mol. The molecule has 8 heteroatoms. The fourth-order valence-corrected chi connectivity index (χ4v) is 1.20. The molecular weight excluding hydrogens is 490 g/mol. The number of carboxylic acid groups (broad SMARTS) is 2. The Morgan fingerprint density at radius 2 is 1.95 bits per heavy atom. The Morgan fingerprint density at radius 3 is 2.35 bits per heavy atom. The lowest BCUT2D eigenvalue weighted by atomic mass is 10.3. The van der Waals surface area contributed by atoms with E-state index in [1.165, 1.54) is 4.90 Å². The summed E-state index contributed by atoms with van der Waals surface area (Å²) in [6.45, 7) is 2.78. The third kappa shape index (κ3) is 17.1. The van der Waals surface area contributed by atoms with Crippen molar-refractivity contribution in [2.45, 2.75) is 19.8 Å². The van der Waals surface area contributed by atoms with Crippen LogP contribution in [0.4, 0.5) is 9.59 Å². The molecule has 0 aliphatic heterocycles. The Kier molecular flexibility index (Phi) is 17.3. The van der Waals surface area contributed by atoms with Gasteiger partial charge in [0.15, 0.2) is 0 Å². The molecule has 0 fully saturated rings. The Morgan fingerprint density at radius 1 is 1.30 bits per heavy atom. The van der Waals surface area contributed by atoms with Gasteiger partial charge in [-0.3, -0.25) is 0 Å². The predicted molar refractivity (Wildman–Crippen MR) is 88.9 cm³/mol. The normalized spacial score (nSPS) is 7.75. The fourth-order valence-electron chi connectivity index (χ4n) is 0.838. The summed E-state index contributed by atoms with van der Waals surface area (Å²) < 4.78 is 3.23. The summed E-state index contributed by atoms with van der Waals surface area (Å²) in [7, 11) is 0. The van der Waals surface area contributed by atoms with E-state index in [9.17, 15) is 19.8 Å². The standard InChI is InChI=1S/C8H12INO2.C4H4INO2/c1-2-3-6-10(8(11)12)7-4-5-9;5-2-1-3-6-4(7)8/h2-3,6-7H2,1H3,(H,11,12);6H,2H2,(H,7,8)/p-2. The van der Waals surface area contributed by atoms with Crippen molar-refractivity contribution in [3.63, 3.8) is 0 Å². The Hall–Kier alpha value is -0.880. The van der Waals surface area contributed by atoms with Crippen molar-refractivity contribution in [1.82, 2.24) is 10.2 Å². The molecule has 0 aromatic carbocycles. The van der Waals surface area contributed by atoms with E-state index in [1.807, 2.05) is 52.1 Å². The summed E-state index contributed by atoms with van der Waals surface area (Å²) >= 11 is 3.89. The summed E-state index contributed by atoms with van der Waals surface area (Å²) in [4.78, 5) is 21.2. The average molecular weight is 504 g/mol. The molecule has 20 heavy (non-hydrogen) atoms. The molecule has 0 aromatic rings. The molecular formula is C12H14I2N2O4-2. The van der Waals surface area contributed by atoms with Crippen molar-refractivity contribution in [3.8, 4) is 21.8 Å². The molecule has 1 N–H and O–H groups in total. The van der Waals surface area contributed by atoms with E-state index in [0.29, 0.717) is 11.0 Å². The number of nitrogens with one attached hydrogen (secondary N) is 1.